The summed E-state index contributed by atoms with van der Waals surface area (Å²) in [5.41, 5.74) is 0. The maximum absolute atomic E-state index is 11.2. The van der Waals surface area contributed by atoms with Gasteiger partial charge in [0.05, 0.1) is 0 Å². The van der Waals surface area contributed by atoms with Crippen molar-refractivity contribution in [2.24, 2.45) is 11.8 Å². The number of rotatable bonds is 5. The number of carbonyl (C=O) groups is 2. The van der Waals surface area contributed by atoms with Gasteiger partial charge in [-0.05, 0) is 0 Å². The Labute approximate surface area is 95.3 Å². The normalized spacial score (nSPS) is 13.4. The number of ketones is 2. The van der Waals surface area contributed by atoms with Gasteiger partial charge in [-0.15, -0.1) is 0 Å². The molecule has 0 aliphatic heterocycles. The Hall–Kier alpha value is -1.58. The van der Waals surface area contributed by atoms with Gasteiger partial charge >= 0.3 is 0 Å². The molecule has 0 rings (SSSR count). The topological polar surface area (TPSA) is 74.6 Å². The fraction of sp³-hybridized carbons (Fsp3) is 0.500. The first kappa shape index (κ1) is 14.4. The average Bonchev–Trinajstić information content (AvgIpc) is 2.16. The van der Waals surface area contributed by atoms with Gasteiger partial charge in [-0.25, -0.2) is 0 Å². The SMILES string of the molecule is CC(C)C(=O)C=C(O)C(O)=CC(=O)C(C)C. The molecule has 90 valence electrons. The molecule has 0 heterocycles. The first-order valence-electron chi connectivity index (χ1n) is 5.15. The summed E-state index contributed by atoms with van der Waals surface area (Å²) in [6.07, 6.45) is 1.84. The zero-order valence-corrected chi connectivity index (χ0v) is 10.0. The first-order chi connectivity index (χ1) is 7.25. The summed E-state index contributed by atoms with van der Waals surface area (Å²) in [5.74, 6) is -2.31. The van der Waals surface area contributed by atoms with Crippen LogP contribution in [0.25, 0.3) is 0 Å². The molecular formula is C12H18O4. The van der Waals surface area contributed by atoms with Crippen molar-refractivity contribution in [1.29, 1.82) is 0 Å². The lowest BCUT2D eigenvalue weighted by atomic mass is 10.1. The molecule has 0 unspecified atom stereocenters. The van der Waals surface area contributed by atoms with E-state index in [1.165, 1.54) is 0 Å². The van der Waals surface area contributed by atoms with E-state index in [1.807, 2.05) is 0 Å². The summed E-state index contributed by atoms with van der Waals surface area (Å²) in [7, 11) is 0. The highest BCUT2D eigenvalue weighted by atomic mass is 16.3. The number of aliphatic hydroxyl groups excluding tert-OH is 2. The van der Waals surface area contributed by atoms with Crippen LogP contribution in [-0.2, 0) is 9.59 Å². The van der Waals surface area contributed by atoms with Gasteiger partial charge < -0.3 is 10.2 Å². The van der Waals surface area contributed by atoms with E-state index in [9.17, 15) is 19.8 Å². The highest BCUT2D eigenvalue weighted by Crippen LogP contribution is 2.07. The van der Waals surface area contributed by atoms with Crippen LogP contribution in [-0.4, -0.2) is 21.8 Å². The third kappa shape index (κ3) is 4.77. The molecule has 4 heteroatoms. The fourth-order valence-corrected chi connectivity index (χ4v) is 0.751. The molecule has 0 saturated carbocycles. The van der Waals surface area contributed by atoms with Crippen molar-refractivity contribution in [1.82, 2.24) is 0 Å². The van der Waals surface area contributed by atoms with E-state index >= 15 is 0 Å². The lowest BCUT2D eigenvalue weighted by Crippen LogP contribution is -2.07. The Bertz CT molecular complexity index is 301. The molecule has 0 radical (unpaired) electrons. The third-order valence-electron chi connectivity index (χ3n) is 1.96. The molecule has 2 N–H and O–H groups in total. The van der Waals surface area contributed by atoms with E-state index in [2.05, 4.69) is 0 Å². The van der Waals surface area contributed by atoms with Gasteiger partial charge in [0.15, 0.2) is 23.1 Å². The van der Waals surface area contributed by atoms with Crippen LogP contribution >= 0.6 is 0 Å². The van der Waals surface area contributed by atoms with Crippen molar-refractivity contribution in [2.45, 2.75) is 27.7 Å². The van der Waals surface area contributed by atoms with Crippen LogP contribution in [0.1, 0.15) is 27.7 Å². The minimum Gasteiger partial charge on any atom is -0.504 e. The third-order valence-corrected chi connectivity index (χ3v) is 1.96. The standard InChI is InChI=1S/C12H18O4/c1-7(2)9(13)5-11(15)12(16)6-10(14)8(3)4/h5-8,15-16H,1-4H3. The summed E-state index contributed by atoms with van der Waals surface area (Å²) in [6.45, 7) is 6.69. The molecule has 0 aliphatic carbocycles. The van der Waals surface area contributed by atoms with Gasteiger partial charge in [0.25, 0.3) is 0 Å². The molecule has 0 aromatic rings. The van der Waals surface area contributed by atoms with Gasteiger partial charge in [0.2, 0.25) is 0 Å². The molecule has 0 aliphatic rings. The molecule has 0 saturated heterocycles. The fourth-order valence-electron chi connectivity index (χ4n) is 0.751. The number of hydrogen-bond acceptors (Lipinski definition) is 4. The average molecular weight is 226 g/mol. The highest BCUT2D eigenvalue weighted by Gasteiger charge is 2.11. The maximum Gasteiger partial charge on any atom is 0.162 e. The predicted octanol–water partition coefficient (Wildman–Crippen LogP) is 2.32. The molecule has 0 spiro atoms. The van der Waals surface area contributed by atoms with Gasteiger partial charge in [-0.3, -0.25) is 9.59 Å². The Morgan fingerprint density at radius 2 is 1.06 bits per heavy atom. The lowest BCUT2D eigenvalue weighted by Gasteiger charge is -2.02. The lowest BCUT2D eigenvalue weighted by molar-refractivity contribution is -0.118. The monoisotopic (exact) mass is 226 g/mol. The summed E-state index contributed by atoms with van der Waals surface area (Å²) in [4.78, 5) is 22.4. The summed E-state index contributed by atoms with van der Waals surface area (Å²) in [5, 5.41) is 18.7. The zero-order valence-electron chi connectivity index (χ0n) is 10.0. The van der Waals surface area contributed by atoms with Crippen molar-refractivity contribution in [3.8, 4) is 0 Å². The smallest absolute Gasteiger partial charge is 0.162 e. The van der Waals surface area contributed by atoms with Crippen LogP contribution in [0.4, 0.5) is 0 Å². The van der Waals surface area contributed by atoms with E-state index in [1.54, 1.807) is 27.7 Å². The Balaban J connectivity index is 4.80. The van der Waals surface area contributed by atoms with Crippen molar-refractivity contribution in [2.75, 3.05) is 0 Å². The second-order valence-electron chi connectivity index (χ2n) is 4.17. The van der Waals surface area contributed by atoms with E-state index in [0.717, 1.165) is 12.2 Å². The Morgan fingerprint density at radius 1 is 0.812 bits per heavy atom. The van der Waals surface area contributed by atoms with Crippen LogP contribution < -0.4 is 0 Å². The molecule has 0 fully saturated rings. The van der Waals surface area contributed by atoms with E-state index in [0.29, 0.717) is 0 Å². The highest BCUT2D eigenvalue weighted by molar-refractivity contribution is 5.94. The zero-order chi connectivity index (χ0) is 12.9. The maximum atomic E-state index is 11.2. The van der Waals surface area contributed by atoms with Gasteiger partial charge in [-0.1, -0.05) is 27.7 Å². The van der Waals surface area contributed by atoms with Crippen LogP contribution in [0.15, 0.2) is 23.7 Å². The quantitative estimate of drug-likeness (QED) is 0.428. The molecular weight excluding hydrogens is 208 g/mol. The summed E-state index contributed by atoms with van der Waals surface area (Å²) in [6, 6.07) is 0. The molecule has 0 aromatic carbocycles. The minimum absolute atomic E-state index is 0.268. The Morgan fingerprint density at radius 3 is 1.25 bits per heavy atom. The van der Waals surface area contributed by atoms with Crippen LogP contribution in [0.3, 0.4) is 0 Å². The Kier molecular flexibility index (Phi) is 5.50. The van der Waals surface area contributed by atoms with Crippen LogP contribution in [0.5, 0.6) is 0 Å². The van der Waals surface area contributed by atoms with Crippen LogP contribution in [0.2, 0.25) is 0 Å². The van der Waals surface area contributed by atoms with Crippen molar-refractivity contribution in [3.63, 3.8) is 0 Å². The second-order valence-corrected chi connectivity index (χ2v) is 4.17. The second kappa shape index (κ2) is 6.10. The largest absolute Gasteiger partial charge is 0.504 e. The predicted molar refractivity (Wildman–Crippen MR) is 61.1 cm³/mol. The van der Waals surface area contributed by atoms with E-state index in [4.69, 9.17) is 0 Å². The molecule has 4 nitrogen and oxygen atoms in total. The van der Waals surface area contributed by atoms with Crippen molar-refractivity contribution in [3.05, 3.63) is 23.7 Å². The molecule has 0 bridgehead atoms. The molecule has 0 aromatic heterocycles. The van der Waals surface area contributed by atoms with Gasteiger partial charge in [0.1, 0.15) is 0 Å². The van der Waals surface area contributed by atoms with Gasteiger partial charge in [0, 0.05) is 24.0 Å². The van der Waals surface area contributed by atoms with E-state index < -0.39 is 11.5 Å². The number of allylic oxidation sites excluding steroid dienone is 2. The van der Waals surface area contributed by atoms with Crippen molar-refractivity contribution >= 4 is 11.6 Å². The minimum atomic E-state index is -0.576. The summed E-state index contributed by atoms with van der Waals surface area (Å²) >= 11 is 0. The van der Waals surface area contributed by atoms with Gasteiger partial charge in [-0.2, -0.15) is 0 Å². The van der Waals surface area contributed by atoms with Crippen molar-refractivity contribution < 1.29 is 19.8 Å². The number of hydrogen-bond donors (Lipinski definition) is 2. The van der Waals surface area contributed by atoms with Crippen LogP contribution in [0, 0.1) is 11.8 Å². The molecule has 16 heavy (non-hydrogen) atoms. The molecule has 0 atom stereocenters. The number of aliphatic hydroxyl groups is 2. The first-order valence-corrected chi connectivity index (χ1v) is 5.15. The van der Waals surface area contributed by atoms with E-state index in [-0.39, 0.29) is 23.4 Å². The number of carbonyl (C=O) groups excluding carboxylic acids is 2. The summed E-state index contributed by atoms with van der Waals surface area (Å²) < 4.78 is 0. The molecule has 0 amide bonds.